The maximum Gasteiger partial charge on any atom is 0.123 e. The number of hydrogen-bond acceptors (Lipinski definition) is 2. The van der Waals surface area contributed by atoms with Crippen LogP contribution in [0.25, 0.3) is 0 Å². The summed E-state index contributed by atoms with van der Waals surface area (Å²) in [4.78, 5) is 0. The zero-order valence-electron chi connectivity index (χ0n) is 3.51. The van der Waals surface area contributed by atoms with Gasteiger partial charge in [0, 0.05) is 0 Å². The number of hydrogen-bond donors (Lipinski definition) is 0. The Morgan fingerprint density at radius 2 is 3.00 bits per heavy atom. The fourth-order valence-corrected chi connectivity index (χ4v) is 0.152. The van der Waals surface area contributed by atoms with Crippen LogP contribution in [0, 0.1) is 0 Å². The third-order valence-corrected chi connectivity index (χ3v) is 0.309. The van der Waals surface area contributed by atoms with Gasteiger partial charge in [0.25, 0.3) is 0 Å². The summed E-state index contributed by atoms with van der Waals surface area (Å²) in [6, 6.07) is 1.47. The molecule has 0 aromatic carbocycles. The van der Waals surface area contributed by atoms with Crippen molar-refractivity contribution in [3.05, 3.63) is 18.5 Å². The van der Waals surface area contributed by atoms with Crippen molar-refractivity contribution in [3.8, 4) is 0 Å². The van der Waals surface area contributed by atoms with E-state index in [1.54, 1.807) is 0 Å². The Bertz CT molecular complexity index is 114. The highest BCUT2D eigenvalue weighted by Gasteiger charge is 1.60. The summed E-state index contributed by atoms with van der Waals surface area (Å²) < 4.78 is 10.9. The lowest BCUT2D eigenvalue weighted by Crippen LogP contribution is -1.38. The Labute approximate surface area is 30.8 Å². The fourth-order valence-electron chi connectivity index (χ4n) is 0.152. The van der Waals surface area contributed by atoms with E-state index >= 15 is 0 Å². The van der Waals surface area contributed by atoms with Gasteiger partial charge in [-0.25, -0.2) is 0 Å². The van der Waals surface area contributed by atoms with E-state index in [-0.39, 0.29) is 6.24 Å². The van der Waals surface area contributed by atoms with Crippen molar-refractivity contribution in [1.82, 2.24) is 5.16 Å². The molecule has 0 unspecified atom stereocenters. The quantitative estimate of drug-likeness (QED) is 0.448. The molecule has 1 aromatic rings. The van der Waals surface area contributed by atoms with E-state index in [1.165, 1.54) is 12.3 Å². The first-order valence-electron chi connectivity index (χ1n) is 1.77. The maximum atomic E-state index is 6.65. The average Bonchev–Trinajstić information content (AvgIpc) is 1.86. The van der Waals surface area contributed by atoms with Crippen LogP contribution in [0.15, 0.2) is 23.0 Å². The smallest absolute Gasteiger partial charge is 0.123 e. The molecule has 1 aromatic heterocycles. The molecule has 0 spiro atoms. The summed E-state index contributed by atoms with van der Waals surface area (Å²) in [5.74, 6) is 0. The first-order valence-corrected chi connectivity index (χ1v) is 1.27. The van der Waals surface area contributed by atoms with Crippen molar-refractivity contribution in [2.45, 2.75) is 0 Å². The van der Waals surface area contributed by atoms with Crippen molar-refractivity contribution >= 4 is 0 Å². The number of aromatic nitrogens is 1. The molecule has 0 atom stereocenters. The summed E-state index contributed by atoms with van der Waals surface area (Å²) in [7, 11) is 0. The van der Waals surface area contributed by atoms with Gasteiger partial charge in [-0.15, -0.1) is 0 Å². The molecule has 0 saturated carbocycles. The molecule has 0 aliphatic rings. The normalized spacial score (nSPS) is 10.8. The lowest BCUT2D eigenvalue weighted by atomic mass is 10.8. The third-order valence-electron chi connectivity index (χ3n) is 0.309. The molecule has 0 N–H and O–H groups in total. The molecule has 0 aliphatic heterocycles. The standard InChI is InChI=1S/C3H3NO/c1-2-4-5-3-1/h1-3H/i3D. The minimum Gasteiger partial charge on any atom is -0.365 e. The molecular formula is C3H3NO. The molecule has 0 bridgehead atoms. The van der Waals surface area contributed by atoms with E-state index in [1.807, 2.05) is 0 Å². The van der Waals surface area contributed by atoms with Crippen LogP contribution in [0.5, 0.6) is 0 Å². The molecule has 5 heavy (non-hydrogen) atoms. The molecule has 2 nitrogen and oxygen atoms in total. The molecule has 26 valence electrons. The van der Waals surface area contributed by atoms with Crippen LogP contribution in [0.2, 0.25) is 0 Å². The van der Waals surface area contributed by atoms with Crippen LogP contribution in [0.1, 0.15) is 1.37 Å². The van der Waals surface area contributed by atoms with Crippen molar-refractivity contribution < 1.29 is 5.89 Å². The third kappa shape index (κ3) is 0.265. The molecule has 0 radical (unpaired) electrons. The van der Waals surface area contributed by atoms with Crippen LogP contribution in [-0.4, -0.2) is 5.16 Å². The van der Waals surface area contributed by atoms with Gasteiger partial charge in [-0.05, 0) is 6.07 Å². The first-order chi connectivity index (χ1) is 2.89. The predicted octanol–water partition coefficient (Wildman–Crippen LogP) is 0.675. The van der Waals surface area contributed by atoms with Gasteiger partial charge in [-0.2, -0.15) is 0 Å². The minimum absolute atomic E-state index is 0.106. The van der Waals surface area contributed by atoms with Crippen molar-refractivity contribution in [3.63, 3.8) is 0 Å². The van der Waals surface area contributed by atoms with Gasteiger partial charge in [0.05, 0.1) is 6.20 Å². The average molecular weight is 70.1 g/mol. The Morgan fingerprint density at radius 1 is 2.00 bits per heavy atom. The number of rotatable bonds is 0. The highest BCUT2D eigenvalue weighted by Crippen LogP contribution is 1.72. The maximum absolute atomic E-state index is 6.65. The first kappa shape index (κ1) is 1.60. The topological polar surface area (TPSA) is 26.0 Å². The van der Waals surface area contributed by atoms with Crippen molar-refractivity contribution in [2.24, 2.45) is 0 Å². The van der Waals surface area contributed by atoms with E-state index < -0.39 is 0 Å². The van der Waals surface area contributed by atoms with Gasteiger partial charge in [0.2, 0.25) is 0 Å². The zero-order chi connectivity index (χ0) is 4.41. The van der Waals surface area contributed by atoms with E-state index in [9.17, 15) is 0 Å². The van der Waals surface area contributed by atoms with Crippen LogP contribution in [0.3, 0.4) is 0 Å². The lowest BCUT2D eigenvalue weighted by molar-refractivity contribution is 0.420. The van der Waals surface area contributed by atoms with E-state index in [0.29, 0.717) is 0 Å². The highest BCUT2D eigenvalue weighted by atomic mass is 16.5. The van der Waals surface area contributed by atoms with Gasteiger partial charge >= 0.3 is 0 Å². The van der Waals surface area contributed by atoms with Crippen molar-refractivity contribution in [1.29, 1.82) is 0 Å². The Kier molecular flexibility index (Phi) is 0.283. The number of nitrogens with zero attached hydrogens (tertiary/aromatic N) is 1. The SMILES string of the molecule is [2H]c1ccno1. The largest absolute Gasteiger partial charge is 0.365 e. The molecule has 2 heteroatoms. The molecule has 0 saturated heterocycles. The van der Waals surface area contributed by atoms with E-state index in [2.05, 4.69) is 9.68 Å². The summed E-state index contributed by atoms with van der Waals surface area (Å²) in [5, 5.41) is 3.26. The van der Waals surface area contributed by atoms with E-state index in [4.69, 9.17) is 1.37 Å². The van der Waals surface area contributed by atoms with Gasteiger partial charge in [-0.3, -0.25) is 0 Å². The van der Waals surface area contributed by atoms with Crippen molar-refractivity contribution in [2.75, 3.05) is 0 Å². The molecule has 0 aliphatic carbocycles. The molecule has 1 heterocycles. The molecular weight excluding hydrogens is 66.0 g/mol. The van der Waals surface area contributed by atoms with E-state index in [0.717, 1.165) is 0 Å². The highest BCUT2D eigenvalue weighted by molar-refractivity contribution is 4.67. The van der Waals surface area contributed by atoms with Crippen LogP contribution in [0.4, 0.5) is 0 Å². The van der Waals surface area contributed by atoms with Crippen LogP contribution >= 0.6 is 0 Å². The molecule has 0 amide bonds. The van der Waals surface area contributed by atoms with Gasteiger partial charge in [0.15, 0.2) is 0 Å². The van der Waals surface area contributed by atoms with Crippen LogP contribution in [-0.2, 0) is 0 Å². The van der Waals surface area contributed by atoms with Gasteiger partial charge in [-0.1, -0.05) is 5.16 Å². The summed E-state index contributed by atoms with van der Waals surface area (Å²) in [5.41, 5.74) is 0. The lowest BCUT2D eigenvalue weighted by Gasteiger charge is -1.48. The monoisotopic (exact) mass is 70.0 g/mol. The zero-order valence-corrected chi connectivity index (χ0v) is 2.51. The Balaban J connectivity index is 3.05. The van der Waals surface area contributed by atoms with Gasteiger partial charge in [0.1, 0.15) is 7.61 Å². The summed E-state index contributed by atoms with van der Waals surface area (Å²) >= 11 is 0. The predicted molar refractivity (Wildman–Crippen MR) is 16.5 cm³/mol. The fraction of sp³-hybridized carbons (Fsp3) is 0. The molecule has 0 fully saturated rings. The summed E-state index contributed by atoms with van der Waals surface area (Å²) in [6.45, 7) is 0. The second-order valence-electron chi connectivity index (χ2n) is 0.630. The Hall–Kier alpha value is -0.790. The molecule has 1 rings (SSSR count). The second kappa shape index (κ2) is 0.885. The summed E-state index contributed by atoms with van der Waals surface area (Å²) in [6.07, 6.45) is 1.54. The Morgan fingerprint density at radius 3 is 3.20 bits per heavy atom. The van der Waals surface area contributed by atoms with Gasteiger partial charge < -0.3 is 4.52 Å². The minimum atomic E-state index is 0.106. The second-order valence-corrected chi connectivity index (χ2v) is 0.630. The van der Waals surface area contributed by atoms with Crippen LogP contribution < -0.4 is 0 Å².